The van der Waals surface area contributed by atoms with Crippen molar-refractivity contribution in [3.63, 3.8) is 0 Å². The molecule has 2 atom stereocenters. The van der Waals surface area contributed by atoms with E-state index >= 15 is 0 Å². The number of benzene rings is 2. The highest BCUT2D eigenvalue weighted by molar-refractivity contribution is 6.33. The zero-order valence-corrected chi connectivity index (χ0v) is 23.0. The first kappa shape index (κ1) is 27.9. The number of ether oxygens (including phenoxy) is 1. The fourth-order valence-electron chi connectivity index (χ4n) is 5.00. The lowest BCUT2D eigenvalue weighted by Gasteiger charge is -2.26. The van der Waals surface area contributed by atoms with Crippen LogP contribution in [0.4, 0.5) is 10.3 Å². The number of aliphatic hydroxyl groups excluding tert-OH is 1. The monoisotopic (exact) mass is 567 g/mol. The van der Waals surface area contributed by atoms with E-state index in [0.29, 0.717) is 52.1 Å². The molecule has 2 aromatic carbocycles. The molecule has 1 aromatic heterocycles. The maximum Gasteiger partial charge on any atom is 0.255 e. The van der Waals surface area contributed by atoms with Crippen molar-refractivity contribution in [1.82, 2.24) is 20.2 Å². The normalized spacial score (nSPS) is 16.9. The third-order valence-corrected chi connectivity index (χ3v) is 7.72. The summed E-state index contributed by atoms with van der Waals surface area (Å²) in [4.78, 5) is 36.9. The molecular weight excluding hydrogens is 537 g/mol. The Morgan fingerprint density at radius 2 is 2.02 bits per heavy atom. The molecule has 0 saturated carbocycles. The van der Waals surface area contributed by atoms with Gasteiger partial charge in [0, 0.05) is 36.9 Å². The van der Waals surface area contributed by atoms with Gasteiger partial charge in [0.25, 0.3) is 5.91 Å². The molecule has 0 unspecified atom stereocenters. The number of aryl methyl sites for hydroxylation is 1. The first-order valence-electron chi connectivity index (χ1n) is 13.2. The number of carbonyl (C=O) groups excluding carboxylic acids is 2. The van der Waals surface area contributed by atoms with Crippen LogP contribution in [0.3, 0.4) is 0 Å². The van der Waals surface area contributed by atoms with Gasteiger partial charge in [-0.1, -0.05) is 35.9 Å². The van der Waals surface area contributed by atoms with Gasteiger partial charge in [0.05, 0.1) is 29.6 Å². The molecule has 0 bridgehead atoms. The molecule has 40 heavy (non-hydrogen) atoms. The van der Waals surface area contributed by atoms with Crippen LogP contribution in [-0.2, 0) is 16.1 Å². The summed E-state index contributed by atoms with van der Waals surface area (Å²) in [5.41, 5.74) is 3.42. The molecule has 3 aromatic rings. The van der Waals surface area contributed by atoms with Gasteiger partial charge < -0.3 is 25.4 Å². The van der Waals surface area contributed by atoms with E-state index in [1.807, 2.05) is 12.1 Å². The van der Waals surface area contributed by atoms with Crippen molar-refractivity contribution in [2.45, 2.75) is 51.4 Å². The SMILES string of the molecule is Cc1cc([C@@H](CO)NC(=O)[C@@H](C)N2Cc3ccc(-c4nc(NC5CCOCC5)ncc4Cl)cc3C2=O)ccc1F. The standard InChI is InChI=1S/C29H31ClFN5O4/c1-16-11-18(5-6-24(16)31)25(15-37)34-27(38)17(2)36-14-20-4-3-19(12-22(20)28(36)39)26-23(30)13-32-29(35-26)33-21-7-9-40-10-8-21/h3-6,11-13,17,21,25,37H,7-10,14-15H2,1-2H3,(H,34,38)(H,32,33,35)/t17-,25-/m1/s1. The lowest BCUT2D eigenvalue weighted by atomic mass is 10.0. The predicted molar refractivity (Wildman–Crippen MR) is 148 cm³/mol. The lowest BCUT2D eigenvalue weighted by molar-refractivity contribution is -0.126. The summed E-state index contributed by atoms with van der Waals surface area (Å²) in [6.07, 6.45) is 3.26. The van der Waals surface area contributed by atoms with Crippen LogP contribution in [0.5, 0.6) is 0 Å². The zero-order valence-electron chi connectivity index (χ0n) is 22.3. The average Bonchev–Trinajstić information content (AvgIpc) is 3.29. The zero-order chi connectivity index (χ0) is 28.4. The van der Waals surface area contributed by atoms with Gasteiger partial charge in [-0.25, -0.2) is 14.4 Å². The number of aliphatic hydroxyl groups is 1. The first-order valence-corrected chi connectivity index (χ1v) is 13.6. The molecular formula is C29H31ClFN5O4. The molecule has 1 saturated heterocycles. The van der Waals surface area contributed by atoms with Gasteiger partial charge in [-0.2, -0.15) is 0 Å². The number of nitrogens with zero attached hydrogens (tertiary/aromatic N) is 3. The van der Waals surface area contributed by atoms with E-state index in [9.17, 15) is 19.1 Å². The highest BCUT2D eigenvalue weighted by atomic mass is 35.5. The van der Waals surface area contributed by atoms with Crippen molar-refractivity contribution in [3.8, 4) is 11.3 Å². The fourth-order valence-corrected chi connectivity index (χ4v) is 5.20. The van der Waals surface area contributed by atoms with Crippen LogP contribution in [0.1, 0.15) is 52.9 Å². The number of hydrogen-bond acceptors (Lipinski definition) is 7. The number of anilines is 1. The highest BCUT2D eigenvalue weighted by Gasteiger charge is 2.35. The minimum atomic E-state index is -0.808. The van der Waals surface area contributed by atoms with Gasteiger partial charge in [-0.3, -0.25) is 9.59 Å². The maximum absolute atomic E-state index is 13.7. The van der Waals surface area contributed by atoms with Crippen LogP contribution in [0.15, 0.2) is 42.6 Å². The van der Waals surface area contributed by atoms with Gasteiger partial charge in [0.2, 0.25) is 11.9 Å². The molecule has 9 nitrogen and oxygen atoms in total. The Hall–Kier alpha value is -3.60. The number of rotatable bonds is 8. The van der Waals surface area contributed by atoms with Crippen LogP contribution in [0, 0.1) is 12.7 Å². The fraction of sp³-hybridized carbons (Fsp3) is 0.379. The molecule has 210 valence electrons. The number of amides is 2. The molecule has 5 rings (SSSR count). The van der Waals surface area contributed by atoms with Crippen LogP contribution in [-0.4, -0.2) is 63.7 Å². The summed E-state index contributed by atoms with van der Waals surface area (Å²) in [5.74, 6) is -0.622. The van der Waals surface area contributed by atoms with Crippen LogP contribution in [0.25, 0.3) is 11.3 Å². The van der Waals surface area contributed by atoms with E-state index in [1.54, 1.807) is 32.2 Å². The van der Waals surface area contributed by atoms with Gasteiger partial charge in [-0.15, -0.1) is 0 Å². The number of fused-ring (bicyclic) bond motifs is 1. The molecule has 3 N–H and O–H groups in total. The minimum Gasteiger partial charge on any atom is -0.394 e. The van der Waals surface area contributed by atoms with Crippen molar-refractivity contribution in [3.05, 3.63) is 75.7 Å². The number of halogens is 2. The summed E-state index contributed by atoms with van der Waals surface area (Å²) >= 11 is 6.45. The van der Waals surface area contributed by atoms with Crippen molar-refractivity contribution < 1.29 is 23.8 Å². The highest BCUT2D eigenvalue weighted by Crippen LogP contribution is 2.32. The molecule has 0 radical (unpaired) electrons. The second-order valence-corrected chi connectivity index (χ2v) is 10.6. The summed E-state index contributed by atoms with van der Waals surface area (Å²) < 4.78 is 19.1. The maximum atomic E-state index is 13.7. The van der Waals surface area contributed by atoms with E-state index in [2.05, 4.69) is 20.6 Å². The lowest BCUT2D eigenvalue weighted by Crippen LogP contribution is -2.46. The number of carbonyl (C=O) groups is 2. The van der Waals surface area contributed by atoms with E-state index < -0.39 is 18.0 Å². The molecule has 0 spiro atoms. The second kappa shape index (κ2) is 11.9. The predicted octanol–water partition coefficient (Wildman–Crippen LogP) is 4.03. The molecule has 1 fully saturated rings. The quantitative estimate of drug-likeness (QED) is 0.376. The van der Waals surface area contributed by atoms with Gasteiger partial charge >= 0.3 is 0 Å². The largest absolute Gasteiger partial charge is 0.394 e. The summed E-state index contributed by atoms with van der Waals surface area (Å²) in [5, 5.41) is 16.4. The van der Waals surface area contributed by atoms with Crippen molar-refractivity contribution in [2.75, 3.05) is 25.1 Å². The topological polar surface area (TPSA) is 117 Å². The van der Waals surface area contributed by atoms with E-state index in [-0.39, 0.29) is 30.9 Å². The molecule has 2 aliphatic rings. The van der Waals surface area contributed by atoms with Crippen molar-refractivity contribution in [1.29, 1.82) is 0 Å². The van der Waals surface area contributed by atoms with Crippen LogP contribution >= 0.6 is 11.6 Å². The number of hydrogen-bond donors (Lipinski definition) is 3. The summed E-state index contributed by atoms with van der Waals surface area (Å²) in [6.45, 7) is 4.52. The Labute approximate surface area is 236 Å². The first-order chi connectivity index (χ1) is 19.2. The Morgan fingerprint density at radius 1 is 1.25 bits per heavy atom. The molecule has 11 heteroatoms. The Morgan fingerprint density at radius 3 is 2.75 bits per heavy atom. The molecule has 2 amide bonds. The van der Waals surface area contributed by atoms with E-state index in [0.717, 1.165) is 18.4 Å². The third-order valence-electron chi connectivity index (χ3n) is 7.44. The number of aromatic nitrogens is 2. The van der Waals surface area contributed by atoms with E-state index in [4.69, 9.17) is 16.3 Å². The molecule has 3 heterocycles. The second-order valence-electron chi connectivity index (χ2n) is 10.2. The Balaban J connectivity index is 1.31. The summed E-state index contributed by atoms with van der Waals surface area (Å²) in [6, 6.07) is 8.52. The van der Waals surface area contributed by atoms with Crippen LogP contribution < -0.4 is 10.6 Å². The van der Waals surface area contributed by atoms with Gasteiger partial charge in [-0.05, 0) is 55.5 Å². The van der Waals surface area contributed by atoms with Crippen molar-refractivity contribution in [2.24, 2.45) is 0 Å². The Bertz CT molecular complexity index is 1430. The average molecular weight is 568 g/mol. The van der Waals surface area contributed by atoms with E-state index in [1.165, 1.54) is 17.0 Å². The van der Waals surface area contributed by atoms with Gasteiger partial charge in [0.15, 0.2) is 0 Å². The molecule has 0 aliphatic carbocycles. The van der Waals surface area contributed by atoms with Crippen molar-refractivity contribution >= 4 is 29.4 Å². The van der Waals surface area contributed by atoms with Crippen LogP contribution in [0.2, 0.25) is 5.02 Å². The molecule has 2 aliphatic heterocycles. The smallest absolute Gasteiger partial charge is 0.255 e. The third kappa shape index (κ3) is 5.79. The summed E-state index contributed by atoms with van der Waals surface area (Å²) in [7, 11) is 0. The number of nitrogens with one attached hydrogen (secondary N) is 2. The Kier molecular flexibility index (Phi) is 8.30. The van der Waals surface area contributed by atoms with Gasteiger partial charge in [0.1, 0.15) is 11.9 Å². The minimum absolute atomic E-state index is 0.211.